The molecule has 1 fully saturated rings. The van der Waals surface area contributed by atoms with Crippen molar-refractivity contribution in [2.75, 3.05) is 38.1 Å². The summed E-state index contributed by atoms with van der Waals surface area (Å²) in [5.74, 6) is 0. The summed E-state index contributed by atoms with van der Waals surface area (Å²) >= 11 is 0. The predicted octanol–water partition coefficient (Wildman–Crippen LogP) is -0.486. The van der Waals surface area contributed by atoms with Gasteiger partial charge in [-0.2, -0.15) is 0 Å². The van der Waals surface area contributed by atoms with Gasteiger partial charge in [-0.15, -0.1) is 0 Å². The van der Waals surface area contributed by atoms with Crippen LogP contribution >= 0.6 is 0 Å². The number of piperazine rings is 1. The van der Waals surface area contributed by atoms with Crippen molar-refractivity contribution in [2.45, 2.75) is 6.61 Å². The highest BCUT2D eigenvalue weighted by Crippen LogP contribution is 2.15. The van der Waals surface area contributed by atoms with Crippen LogP contribution in [0.1, 0.15) is 5.56 Å². The van der Waals surface area contributed by atoms with Crippen molar-refractivity contribution < 1.29 is 10.0 Å². The molecule has 2 rings (SSSR count). The fourth-order valence-electron chi connectivity index (χ4n) is 2.00. The van der Waals surface area contributed by atoms with Crippen LogP contribution in [0.2, 0.25) is 0 Å². The summed E-state index contributed by atoms with van der Waals surface area (Å²) in [7, 11) is 2.24. The van der Waals surface area contributed by atoms with Crippen LogP contribution in [0.25, 0.3) is 0 Å². The Kier molecular flexibility index (Phi) is 3.23. The van der Waals surface area contributed by atoms with Crippen LogP contribution in [-0.2, 0) is 6.61 Å². The summed E-state index contributed by atoms with van der Waals surface area (Å²) < 4.78 is 0. The zero-order valence-corrected chi connectivity index (χ0v) is 9.24. The smallest absolute Gasteiger partial charge is 0.0947 e. The summed E-state index contributed by atoms with van der Waals surface area (Å²) in [4.78, 5) is 4.00. The molecule has 2 N–H and O–H groups in total. The molecule has 82 valence electrons. The van der Waals surface area contributed by atoms with Crippen molar-refractivity contribution in [3.05, 3.63) is 29.8 Å². The lowest BCUT2D eigenvalue weighted by Crippen LogP contribution is -3.12. The Morgan fingerprint density at radius 1 is 1.33 bits per heavy atom. The van der Waals surface area contributed by atoms with E-state index in [1.165, 1.54) is 18.8 Å². The van der Waals surface area contributed by atoms with E-state index in [1.54, 1.807) is 4.90 Å². The fraction of sp³-hybridized carbons (Fsp3) is 0.500. The van der Waals surface area contributed by atoms with Crippen LogP contribution < -0.4 is 9.80 Å². The average molecular weight is 207 g/mol. The molecule has 15 heavy (non-hydrogen) atoms. The first kappa shape index (κ1) is 10.5. The van der Waals surface area contributed by atoms with Crippen molar-refractivity contribution in [1.29, 1.82) is 0 Å². The molecule has 0 spiro atoms. The fourth-order valence-corrected chi connectivity index (χ4v) is 2.00. The lowest BCUT2D eigenvalue weighted by atomic mass is 10.2. The molecule has 1 aliphatic heterocycles. The van der Waals surface area contributed by atoms with Gasteiger partial charge in [0.05, 0.1) is 39.8 Å². The van der Waals surface area contributed by atoms with Crippen molar-refractivity contribution in [1.82, 2.24) is 0 Å². The van der Waals surface area contributed by atoms with Gasteiger partial charge in [-0.1, -0.05) is 12.1 Å². The quantitative estimate of drug-likeness (QED) is 0.685. The first-order valence-corrected chi connectivity index (χ1v) is 5.55. The molecule has 0 bridgehead atoms. The Morgan fingerprint density at radius 3 is 2.73 bits per heavy atom. The lowest BCUT2D eigenvalue weighted by molar-refractivity contribution is -0.880. The van der Waals surface area contributed by atoms with Crippen molar-refractivity contribution in [2.24, 2.45) is 0 Å². The zero-order valence-electron chi connectivity index (χ0n) is 9.24. The van der Waals surface area contributed by atoms with E-state index < -0.39 is 0 Å². The van der Waals surface area contributed by atoms with E-state index in [0.717, 1.165) is 18.7 Å². The number of nitrogens with zero attached hydrogens (tertiary/aromatic N) is 1. The molecule has 0 saturated carbocycles. The van der Waals surface area contributed by atoms with Gasteiger partial charge in [0.15, 0.2) is 0 Å². The predicted molar refractivity (Wildman–Crippen MR) is 61.2 cm³/mol. The SMILES string of the molecule is C[NH+]1CCN(c2cccc(CO)c2)CC1. The molecule has 0 aromatic heterocycles. The number of rotatable bonds is 2. The highest BCUT2D eigenvalue weighted by Gasteiger charge is 2.16. The maximum absolute atomic E-state index is 9.08. The Bertz CT molecular complexity index is 319. The molecule has 1 aromatic rings. The maximum Gasteiger partial charge on any atom is 0.0947 e. The summed E-state index contributed by atoms with van der Waals surface area (Å²) in [6.07, 6.45) is 0. The molecule has 1 heterocycles. The zero-order chi connectivity index (χ0) is 10.7. The summed E-state index contributed by atoms with van der Waals surface area (Å²) in [6.45, 7) is 4.75. The standard InChI is InChI=1S/C12H18N2O/c1-13-5-7-14(8-6-13)12-4-2-3-11(9-12)10-15/h2-4,9,15H,5-8,10H2,1H3/p+1. The number of likely N-dealkylation sites (N-methyl/N-ethyl adjacent to an activating group) is 1. The molecule has 0 unspecified atom stereocenters. The topological polar surface area (TPSA) is 27.9 Å². The highest BCUT2D eigenvalue weighted by atomic mass is 16.3. The lowest BCUT2D eigenvalue weighted by Gasteiger charge is -2.31. The molecule has 1 aromatic carbocycles. The second-order valence-corrected chi connectivity index (χ2v) is 4.27. The van der Waals surface area contributed by atoms with Gasteiger partial charge >= 0.3 is 0 Å². The van der Waals surface area contributed by atoms with Gasteiger partial charge in [0.25, 0.3) is 0 Å². The summed E-state index contributed by atoms with van der Waals surface area (Å²) in [6, 6.07) is 8.19. The third kappa shape index (κ3) is 2.49. The molecule has 1 saturated heterocycles. The number of aliphatic hydroxyl groups excluding tert-OH is 1. The third-order valence-corrected chi connectivity index (χ3v) is 3.08. The minimum absolute atomic E-state index is 0.132. The van der Waals surface area contributed by atoms with Crippen molar-refractivity contribution in [3.8, 4) is 0 Å². The number of nitrogens with one attached hydrogen (secondary N) is 1. The molecule has 1 aliphatic rings. The van der Waals surface area contributed by atoms with E-state index in [9.17, 15) is 0 Å². The van der Waals surface area contributed by atoms with Crippen LogP contribution in [0.15, 0.2) is 24.3 Å². The molecular weight excluding hydrogens is 188 g/mol. The van der Waals surface area contributed by atoms with Crippen molar-refractivity contribution in [3.63, 3.8) is 0 Å². The van der Waals surface area contributed by atoms with Crippen LogP contribution in [0.4, 0.5) is 5.69 Å². The molecule has 0 radical (unpaired) electrons. The minimum atomic E-state index is 0.132. The van der Waals surface area contributed by atoms with E-state index in [2.05, 4.69) is 24.1 Å². The first-order valence-electron chi connectivity index (χ1n) is 5.55. The molecule has 0 atom stereocenters. The number of benzene rings is 1. The van der Waals surface area contributed by atoms with Crippen LogP contribution in [-0.4, -0.2) is 38.3 Å². The number of hydrogen-bond acceptors (Lipinski definition) is 2. The number of hydrogen-bond donors (Lipinski definition) is 2. The van der Waals surface area contributed by atoms with Crippen molar-refractivity contribution >= 4 is 5.69 Å². The van der Waals surface area contributed by atoms with E-state index >= 15 is 0 Å². The largest absolute Gasteiger partial charge is 0.392 e. The minimum Gasteiger partial charge on any atom is -0.392 e. The second kappa shape index (κ2) is 4.64. The van der Waals surface area contributed by atoms with Gasteiger partial charge in [0, 0.05) is 5.69 Å². The number of quaternary nitrogens is 1. The van der Waals surface area contributed by atoms with E-state index in [0.29, 0.717) is 0 Å². The van der Waals surface area contributed by atoms with Gasteiger partial charge in [-0.25, -0.2) is 0 Å². The van der Waals surface area contributed by atoms with Crippen LogP contribution in [0.5, 0.6) is 0 Å². The number of anilines is 1. The van der Waals surface area contributed by atoms with Gasteiger partial charge in [-0.3, -0.25) is 0 Å². The molecule has 3 nitrogen and oxygen atoms in total. The molecular formula is C12H19N2O+. The van der Waals surface area contributed by atoms with E-state index in [4.69, 9.17) is 5.11 Å². The molecule has 3 heteroatoms. The van der Waals surface area contributed by atoms with Gasteiger partial charge < -0.3 is 14.9 Å². The Balaban J connectivity index is 2.08. The Hall–Kier alpha value is -1.06. The second-order valence-electron chi connectivity index (χ2n) is 4.27. The molecule has 0 amide bonds. The summed E-state index contributed by atoms with van der Waals surface area (Å²) in [5, 5.41) is 9.08. The van der Waals surface area contributed by atoms with Gasteiger partial charge in [0.1, 0.15) is 0 Å². The van der Waals surface area contributed by atoms with E-state index in [1.807, 2.05) is 12.1 Å². The first-order chi connectivity index (χ1) is 7.29. The normalized spacial score (nSPS) is 18.1. The number of aliphatic hydroxyl groups is 1. The van der Waals surface area contributed by atoms with Crippen LogP contribution in [0.3, 0.4) is 0 Å². The summed E-state index contributed by atoms with van der Waals surface area (Å²) in [5.41, 5.74) is 2.24. The Morgan fingerprint density at radius 2 is 2.07 bits per heavy atom. The third-order valence-electron chi connectivity index (χ3n) is 3.08. The average Bonchev–Trinajstić information content (AvgIpc) is 2.30. The monoisotopic (exact) mass is 207 g/mol. The van der Waals surface area contributed by atoms with Crippen LogP contribution in [0, 0.1) is 0 Å². The molecule has 0 aliphatic carbocycles. The van der Waals surface area contributed by atoms with E-state index in [-0.39, 0.29) is 6.61 Å². The maximum atomic E-state index is 9.08. The highest BCUT2D eigenvalue weighted by molar-refractivity contribution is 5.48. The Labute approximate surface area is 90.9 Å². The van der Waals surface area contributed by atoms with Gasteiger partial charge in [0.2, 0.25) is 0 Å². The van der Waals surface area contributed by atoms with Gasteiger partial charge in [-0.05, 0) is 17.7 Å².